The van der Waals surface area contributed by atoms with E-state index < -0.39 is 0 Å². The lowest BCUT2D eigenvalue weighted by molar-refractivity contribution is 1.11. The number of fused-ring (bicyclic) bond motifs is 1. The third-order valence-electron chi connectivity index (χ3n) is 1.33. The van der Waals surface area contributed by atoms with E-state index in [0.717, 1.165) is 11.0 Å². The minimum absolute atomic E-state index is 0.324. The smallest absolute Gasteiger partial charge is 0.346 e. The Morgan fingerprint density at radius 1 is 1.50 bits per heavy atom. The van der Waals surface area contributed by atoms with Gasteiger partial charge in [-0.1, -0.05) is 0 Å². The second-order valence-corrected chi connectivity index (χ2v) is 2.00. The van der Waals surface area contributed by atoms with Crippen LogP contribution in [0.3, 0.4) is 0 Å². The lowest BCUT2D eigenvalue weighted by Crippen LogP contribution is -2.07. The van der Waals surface area contributed by atoms with Crippen molar-refractivity contribution in [2.45, 2.75) is 0 Å². The highest BCUT2D eigenvalue weighted by Gasteiger charge is 1.92. The van der Waals surface area contributed by atoms with E-state index in [4.69, 9.17) is 0 Å². The van der Waals surface area contributed by atoms with Crippen molar-refractivity contribution in [3.8, 4) is 0 Å². The molecule has 0 aliphatic heterocycles. The summed E-state index contributed by atoms with van der Waals surface area (Å²) in [4.78, 5) is 19.6. The number of aromatic amines is 2. The maximum absolute atomic E-state index is 10.6. The van der Waals surface area contributed by atoms with Crippen LogP contribution in [0.25, 0.3) is 11.0 Å². The lowest BCUT2D eigenvalue weighted by atomic mass is 10.4. The van der Waals surface area contributed by atoms with Gasteiger partial charge in [-0.2, -0.15) is 0 Å². The fraction of sp³-hybridized carbons (Fsp3) is 0. The average Bonchev–Trinajstić information content (AvgIpc) is 2.33. The third kappa shape index (κ3) is 0.621. The molecule has 0 spiro atoms. The average molecular weight is 135 g/mol. The molecular weight excluding hydrogens is 130 g/mol. The van der Waals surface area contributed by atoms with Crippen molar-refractivity contribution in [1.82, 2.24) is 15.0 Å². The summed E-state index contributed by atoms with van der Waals surface area (Å²) in [7, 11) is 0. The summed E-state index contributed by atoms with van der Waals surface area (Å²) in [5.74, 6) is 0. The van der Waals surface area contributed by atoms with E-state index >= 15 is 0 Å². The van der Waals surface area contributed by atoms with Crippen molar-refractivity contribution in [1.29, 1.82) is 0 Å². The van der Waals surface area contributed by atoms with Crippen LogP contribution in [0.4, 0.5) is 0 Å². The molecule has 2 rings (SSSR count). The van der Waals surface area contributed by atoms with Crippen LogP contribution in [0, 0.1) is 0 Å². The van der Waals surface area contributed by atoms with Gasteiger partial charge in [0.2, 0.25) is 0 Å². The van der Waals surface area contributed by atoms with Gasteiger partial charge in [-0.25, -0.2) is 9.78 Å². The molecule has 0 saturated heterocycles. The Morgan fingerprint density at radius 2 is 2.40 bits per heavy atom. The molecule has 0 aromatic carbocycles. The number of nitrogens with one attached hydrogen (secondary N) is 2. The molecule has 2 aromatic heterocycles. The summed E-state index contributed by atoms with van der Waals surface area (Å²) in [5, 5.41) is 0.916. The molecule has 4 nitrogen and oxygen atoms in total. The van der Waals surface area contributed by atoms with Crippen molar-refractivity contribution in [2.24, 2.45) is 0 Å². The zero-order chi connectivity index (χ0) is 6.97. The highest BCUT2D eigenvalue weighted by molar-refractivity contribution is 5.73. The first-order chi connectivity index (χ1) is 4.86. The highest BCUT2D eigenvalue weighted by Crippen LogP contribution is 2.02. The molecule has 2 heterocycles. The Balaban J connectivity index is 2.99. The molecule has 0 saturated carbocycles. The molecule has 0 aliphatic rings. The van der Waals surface area contributed by atoms with Crippen LogP contribution in [0.15, 0.2) is 23.3 Å². The summed E-state index contributed by atoms with van der Waals surface area (Å²) in [6.07, 6.45) is 3.28. The van der Waals surface area contributed by atoms with Gasteiger partial charge in [0, 0.05) is 17.8 Å². The molecule has 2 aromatic rings. The van der Waals surface area contributed by atoms with Gasteiger partial charge in [-0.15, -0.1) is 0 Å². The minimum atomic E-state index is -0.324. The molecule has 0 atom stereocenters. The van der Waals surface area contributed by atoms with E-state index in [1.165, 1.54) is 6.20 Å². The quantitative estimate of drug-likeness (QED) is 0.544. The first-order valence-corrected chi connectivity index (χ1v) is 2.89. The monoisotopic (exact) mass is 135 g/mol. The van der Waals surface area contributed by atoms with Gasteiger partial charge in [0.05, 0.1) is 0 Å². The van der Waals surface area contributed by atoms with Crippen LogP contribution >= 0.6 is 0 Å². The van der Waals surface area contributed by atoms with E-state index in [-0.39, 0.29) is 5.69 Å². The zero-order valence-electron chi connectivity index (χ0n) is 5.09. The molecule has 0 radical (unpaired) electrons. The highest BCUT2D eigenvalue weighted by atomic mass is 16.1. The van der Waals surface area contributed by atoms with Crippen LogP contribution in [0.5, 0.6) is 0 Å². The van der Waals surface area contributed by atoms with Crippen LogP contribution in [0.1, 0.15) is 0 Å². The largest absolute Gasteiger partial charge is 0.348 e. The molecule has 0 fully saturated rings. The maximum atomic E-state index is 10.6. The molecule has 2 N–H and O–H groups in total. The predicted molar refractivity (Wildman–Crippen MR) is 36.7 cm³/mol. The summed E-state index contributed by atoms with van der Waals surface area (Å²) < 4.78 is 0. The first-order valence-electron chi connectivity index (χ1n) is 2.89. The number of aromatic nitrogens is 3. The van der Waals surface area contributed by atoms with E-state index in [0.29, 0.717) is 0 Å². The number of hydrogen-bond donors (Lipinski definition) is 2. The van der Waals surface area contributed by atoms with E-state index in [1.807, 2.05) is 6.07 Å². The van der Waals surface area contributed by atoms with Gasteiger partial charge in [0.15, 0.2) is 0 Å². The summed E-state index contributed by atoms with van der Waals surface area (Å²) in [5.41, 5.74) is 0.398. The minimum Gasteiger partial charge on any atom is -0.348 e. The molecule has 0 unspecified atom stereocenters. The van der Waals surface area contributed by atoms with Gasteiger partial charge in [0.25, 0.3) is 0 Å². The fourth-order valence-corrected chi connectivity index (χ4v) is 0.865. The van der Waals surface area contributed by atoms with Crippen molar-refractivity contribution >= 4 is 11.0 Å². The maximum Gasteiger partial charge on any atom is 0.346 e. The summed E-state index contributed by atoms with van der Waals surface area (Å²) in [6, 6.07) is 1.85. The molecule has 0 amide bonds. The molecule has 50 valence electrons. The van der Waals surface area contributed by atoms with Crippen molar-refractivity contribution in [3.63, 3.8) is 0 Å². The van der Waals surface area contributed by atoms with Gasteiger partial charge >= 0.3 is 5.69 Å². The van der Waals surface area contributed by atoms with Gasteiger partial charge in [-0.3, -0.25) is 4.98 Å². The Morgan fingerprint density at radius 3 is 3.30 bits per heavy atom. The van der Waals surface area contributed by atoms with Gasteiger partial charge in [0.1, 0.15) is 5.65 Å². The van der Waals surface area contributed by atoms with Gasteiger partial charge in [-0.05, 0) is 6.07 Å². The summed E-state index contributed by atoms with van der Waals surface area (Å²) >= 11 is 0. The Labute approximate surface area is 55.9 Å². The number of H-pyrrole nitrogens is 2. The fourth-order valence-electron chi connectivity index (χ4n) is 0.865. The second-order valence-electron chi connectivity index (χ2n) is 2.00. The molecule has 0 aliphatic carbocycles. The molecule has 0 bridgehead atoms. The topological polar surface area (TPSA) is 61.5 Å². The normalized spacial score (nSPS) is 10.4. The van der Waals surface area contributed by atoms with Crippen molar-refractivity contribution in [2.75, 3.05) is 0 Å². The van der Waals surface area contributed by atoms with Gasteiger partial charge < -0.3 is 4.98 Å². The van der Waals surface area contributed by atoms with Crippen LogP contribution < -0.4 is 5.69 Å². The lowest BCUT2D eigenvalue weighted by Gasteiger charge is -1.83. The van der Waals surface area contributed by atoms with Crippen LogP contribution in [0.2, 0.25) is 0 Å². The first kappa shape index (κ1) is 5.22. The second kappa shape index (κ2) is 1.70. The molecular formula is C6H5N3O. The van der Waals surface area contributed by atoms with E-state index in [1.54, 1.807) is 6.20 Å². The third-order valence-corrected chi connectivity index (χ3v) is 1.33. The Bertz CT molecular complexity index is 400. The Hall–Kier alpha value is -1.58. The van der Waals surface area contributed by atoms with E-state index in [9.17, 15) is 4.79 Å². The Kier molecular flexibility index (Phi) is 0.887. The molecule has 10 heavy (non-hydrogen) atoms. The van der Waals surface area contributed by atoms with Crippen LogP contribution in [-0.4, -0.2) is 15.0 Å². The number of rotatable bonds is 0. The van der Waals surface area contributed by atoms with Crippen molar-refractivity contribution < 1.29 is 0 Å². The number of hydrogen-bond acceptors (Lipinski definition) is 2. The number of nitrogens with zero attached hydrogens (tertiary/aromatic N) is 1. The molecule has 4 heteroatoms. The van der Waals surface area contributed by atoms with E-state index in [2.05, 4.69) is 15.0 Å². The SMILES string of the molecule is O=c1ncc2cc[nH]c2[nH]1. The summed E-state index contributed by atoms with van der Waals surface area (Å²) in [6.45, 7) is 0. The van der Waals surface area contributed by atoms with Crippen LogP contribution in [-0.2, 0) is 0 Å². The van der Waals surface area contributed by atoms with Crippen molar-refractivity contribution in [3.05, 3.63) is 28.9 Å². The predicted octanol–water partition coefficient (Wildman–Crippen LogP) is 0.251. The standard InChI is InChI=1S/C6H5N3O/c10-6-8-3-4-1-2-7-5(4)9-6/h1-3H,(H2,7,8,9,10). The zero-order valence-corrected chi connectivity index (χ0v) is 5.09.